The molecule has 0 bridgehead atoms. The lowest BCUT2D eigenvalue weighted by atomic mass is 10.3. The van der Waals surface area contributed by atoms with E-state index in [2.05, 4.69) is 0 Å². The van der Waals surface area contributed by atoms with Crippen LogP contribution in [0.25, 0.3) is 0 Å². The molecule has 0 radical (unpaired) electrons. The zero-order valence-electron chi connectivity index (χ0n) is 14.3. The molecule has 0 spiro atoms. The Morgan fingerprint density at radius 3 is 2.28 bits per heavy atom. The molecule has 3 rings (SSSR count). The maximum atomic E-state index is 13.1. The van der Waals surface area contributed by atoms with Crippen LogP contribution in [0.15, 0.2) is 59.5 Å². The maximum Gasteiger partial charge on any atom is 0.264 e. The molecule has 5 nitrogen and oxygen atoms in total. The molecule has 6 heteroatoms. The highest BCUT2D eigenvalue weighted by atomic mass is 32.2. The molecule has 1 saturated heterocycles. The fourth-order valence-electron chi connectivity index (χ4n) is 3.03. The van der Waals surface area contributed by atoms with E-state index in [0.29, 0.717) is 31.6 Å². The molecule has 132 valence electrons. The van der Waals surface area contributed by atoms with Gasteiger partial charge in [0.2, 0.25) is 5.91 Å². The SMILES string of the molecule is CCCN(c1ccccc1)S(=O)(=O)c1ccc(N2CCCC2=O)cc1. The first kappa shape index (κ1) is 17.5. The summed E-state index contributed by atoms with van der Waals surface area (Å²) in [5, 5.41) is 0. The highest BCUT2D eigenvalue weighted by Gasteiger charge is 2.26. The minimum Gasteiger partial charge on any atom is -0.312 e. The molecule has 0 N–H and O–H groups in total. The van der Waals surface area contributed by atoms with E-state index in [9.17, 15) is 13.2 Å². The van der Waals surface area contributed by atoms with Crippen LogP contribution >= 0.6 is 0 Å². The molecule has 0 saturated carbocycles. The van der Waals surface area contributed by atoms with Crippen LogP contribution in [-0.4, -0.2) is 27.4 Å². The number of para-hydroxylation sites is 1. The summed E-state index contributed by atoms with van der Waals surface area (Å²) in [7, 11) is -3.64. The van der Waals surface area contributed by atoms with Gasteiger partial charge in [0, 0.05) is 25.2 Å². The maximum absolute atomic E-state index is 13.1. The Hall–Kier alpha value is -2.34. The molecular formula is C19H22N2O3S. The van der Waals surface area contributed by atoms with Gasteiger partial charge in [0.1, 0.15) is 0 Å². The zero-order chi connectivity index (χ0) is 17.9. The van der Waals surface area contributed by atoms with Gasteiger partial charge in [-0.1, -0.05) is 25.1 Å². The molecule has 0 unspecified atom stereocenters. The Kier molecular flexibility index (Phi) is 5.08. The average Bonchev–Trinajstić information content (AvgIpc) is 3.06. The van der Waals surface area contributed by atoms with Gasteiger partial charge in [-0.25, -0.2) is 8.42 Å². The van der Waals surface area contributed by atoms with Crippen LogP contribution in [0.4, 0.5) is 11.4 Å². The summed E-state index contributed by atoms with van der Waals surface area (Å²) in [5.74, 6) is 0.0903. The highest BCUT2D eigenvalue weighted by Crippen LogP contribution is 2.27. The smallest absolute Gasteiger partial charge is 0.264 e. The summed E-state index contributed by atoms with van der Waals surface area (Å²) in [6.07, 6.45) is 2.12. The van der Waals surface area contributed by atoms with Gasteiger partial charge in [-0.15, -0.1) is 0 Å². The minimum atomic E-state index is -3.64. The molecule has 2 aromatic rings. The summed E-state index contributed by atoms with van der Waals surface area (Å²) in [4.78, 5) is 13.8. The van der Waals surface area contributed by atoms with Crippen molar-refractivity contribution in [2.45, 2.75) is 31.1 Å². The molecule has 1 aliphatic heterocycles. The van der Waals surface area contributed by atoms with Gasteiger partial charge in [0.05, 0.1) is 10.6 Å². The number of nitrogens with zero attached hydrogens (tertiary/aromatic N) is 2. The molecule has 1 fully saturated rings. The standard InChI is InChI=1S/C19H22N2O3S/c1-2-14-21(17-7-4-3-5-8-17)25(23,24)18-12-10-16(11-13-18)20-15-6-9-19(20)22/h3-5,7-8,10-13H,2,6,9,14-15H2,1H3. The lowest BCUT2D eigenvalue weighted by Gasteiger charge is -2.24. The second kappa shape index (κ2) is 7.27. The van der Waals surface area contributed by atoms with Crippen molar-refractivity contribution in [2.75, 3.05) is 22.3 Å². The third-order valence-electron chi connectivity index (χ3n) is 4.28. The Morgan fingerprint density at radius 1 is 1.04 bits per heavy atom. The van der Waals surface area contributed by atoms with Crippen LogP contribution in [0.2, 0.25) is 0 Å². The third-order valence-corrected chi connectivity index (χ3v) is 6.12. The van der Waals surface area contributed by atoms with Crippen molar-refractivity contribution in [3.05, 3.63) is 54.6 Å². The second-order valence-electron chi connectivity index (χ2n) is 6.06. The van der Waals surface area contributed by atoms with E-state index in [-0.39, 0.29) is 10.8 Å². The topological polar surface area (TPSA) is 57.7 Å². The summed E-state index contributed by atoms with van der Waals surface area (Å²) in [6.45, 7) is 3.06. The first-order valence-corrected chi connectivity index (χ1v) is 9.96. The van der Waals surface area contributed by atoms with E-state index in [1.54, 1.807) is 41.3 Å². The van der Waals surface area contributed by atoms with Crippen LogP contribution in [0.1, 0.15) is 26.2 Å². The van der Waals surface area contributed by atoms with E-state index in [0.717, 1.165) is 12.1 Å². The number of amides is 1. The predicted octanol–water partition coefficient (Wildman–Crippen LogP) is 3.42. The monoisotopic (exact) mass is 358 g/mol. The van der Waals surface area contributed by atoms with E-state index in [1.807, 2.05) is 25.1 Å². The van der Waals surface area contributed by atoms with Crippen molar-refractivity contribution in [3.63, 3.8) is 0 Å². The number of anilines is 2. The number of hydrogen-bond donors (Lipinski definition) is 0. The van der Waals surface area contributed by atoms with E-state index in [4.69, 9.17) is 0 Å². The van der Waals surface area contributed by atoms with E-state index in [1.165, 1.54) is 4.31 Å². The van der Waals surface area contributed by atoms with Crippen molar-refractivity contribution >= 4 is 27.3 Å². The number of carbonyl (C=O) groups is 1. The summed E-state index contributed by atoms with van der Waals surface area (Å²) in [5.41, 5.74) is 1.41. The molecule has 1 amide bonds. The molecule has 1 aliphatic rings. The minimum absolute atomic E-state index is 0.0903. The van der Waals surface area contributed by atoms with Gasteiger partial charge in [-0.05, 0) is 49.2 Å². The van der Waals surface area contributed by atoms with Crippen LogP contribution < -0.4 is 9.21 Å². The van der Waals surface area contributed by atoms with Gasteiger partial charge in [-0.2, -0.15) is 0 Å². The molecule has 2 aromatic carbocycles. The van der Waals surface area contributed by atoms with Gasteiger partial charge in [0.25, 0.3) is 10.0 Å². The highest BCUT2D eigenvalue weighted by molar-refractivity contribution is 7.92. The molecule has 0 atom stereocenters. The number of carbonyl (C=O) groups excluding carboxylic acids is 1. The second-order valence-corrected chi connectivity index (χ2v) is 7.92. The van der Waals surface area contributed by atoms with Gasteiger partial charge in [-0.3, -0.25) is 9.10 Å². The Balaban J connectivity index is 1.91. The van der Waals surface area contributed by atoms with Crippen molar-refractivity contribution in [3.8, 4) is 0 Å². The normalized spacial score (nSPS) is 14.8. The van der Waals surface area contributed by atoms with E-state index >= 15 is 0 Å². The number of benzene rings is 2. The Labute approximate surface area is 148 Å². The first-order valence-electron chi connectivity index (χ1n) is 8.52. The molecular weight excluding hydrogens is 336 g/mol. The van der Waals surface area contributed by atoms with Crippen LogP contribution in [-0.2, 0) is 14.8 Å². The Bertz CT molecular complexity index is 833. The zero-order valence-corrected chi connectivity index (χ0v) is 15.1. The van der Waals surface area contributed by atoms with Gasteiger partial charge >= 0.3 is 0 Å². The fourth-order valence-corrected chi connectivity index (χ4v) is 4.59. The van der Waals surface area contributed by atoms with Crippen LogP contribution in [0.3, 0.4) is 0 Å². The largest absolute Gasteiger partial charge is 0.312 e. The molecule has 1 heterocycles. The fraction of sp³-hybridized carbons (Fsp3) is 0.316. The van der Waals surface area contributed by atoms with Crippen molar-refractivity contribution < 1.29 is 13.2 Å². The average molecular weight is 358 g/mol. The van der Waals surface area contributed by atoms with Gasteiger partial charge in [0.15, 0.2) is 0 Å². The van der Waals surface area contributed by atoms with Gasteiger partial charge < -0.3 is 4.90 Å². The molecule has 0 aliphatic carbocycles. The first-order chi connectivity index (χ1) is 12.0. The van der Waals surface area contributed by atoms with Crippen LogP contribution in [0.5, 0.6) is 0 Å². The number of sulfonamides is 1. The Morgan fingerprint density at radius 2 is 1.72 bits per heavy atom. The molecule has 25 heavy (non-hydrogen) atoms. The van der Waals surface area contributed by atoms with Crippen molar-refractivity contribution in [2.24, 2.45) is 0 Å². The lowest BCUT2D eigenvalue weighted by molar-refractivity contribution is -0.117. The molecule has 0 aromatic heterocycles. The number of rotatable bonds is 6. The van der Waals surface area contributed by atoms with Crippen LogP contribution in [0, 0.1) is 0 Å². The lowest BCUT2D eigenvalue weighted by Crippen LogP contribution is -2.31. The quantitative estimate of drug-likeness (QED) is 0.795. The summed E-state index contributed by atoms with van der Waals surface area (Å²) < 4.78 is 27.6. The van der Waals surface area contributed by atoms with Crippen molar-refractivity contribution in [1.82, 2.24) is 0 Å². The van der Waals surface area contributed by atoms with E-state index < -0.39 is 10.0 Å². The van der Waals surface area contributed by atoms with Crippen molar-refractivity contribution in [1.29, 1.82) is 0 Å². The third kappa shape index (κ3) is 3.54. The number of hydrogen-bond acceptors (Lipinski definition) is 3. The summed E-state index contributed by atoms with van der Waals surface area (Å²) in [6, 6.07) is 15.7. The summed E-state index contributed by atoms with van der Waals surface area (Å²) >= 11 is 0. The predicted molar refractivity (Wildman–Crippen MR) is 99.3 cm³/mol.